The zero-order valence-electron chi connectivity index (χ0n) is 15.4. The van der Waals surface area contributed by atoms with Crippen LogP contribution in [0.2, 0.25) is 0 Å². The average Bonchev–Trinajstić information content (AvgIpc) is 2.60. The molecular formula is C19H28N2O3S. The van der Waals surface area contributed by atoms with E-state index < -0.39 is 15.4 Å². The Kier molecular flexibility index (Phi) is 4.95. The second-order valence-corrected chi connectivity index (χ2v) is 10.0. The van der Waals surface area contributed by atoms with Gasteiger partial charge in [-0.15, -0.1) is 0 Å². The summed E-state index contributed by atoms with van der Waals surface area (Å²) >= 11 is 0. The molecule has 0 N–H and O–H groups in total. The monoisotopic (exact) mass is 364 g/mol. The third-order valence-corrected chi connectivity index (χ3v) is 7.02. The Hall–Kier alpha value is -1.40. The number of hydrogen-bond acceptors (Lipinski definition) is 3. The number of nitrogens with zero attached hydrogens (tertiary/aromatic N) is 2. The summed E-state index contributed by atoms with van der Waals surface area (Å²) in [6, 6.07) is 5.57. The molecule has 0 bridgehead atoms. The molecule has 0 atom stereocenters. The van der Waals surface area contributed by atoms with Crippen LogP contribution in [-0.4, -0.2) is 49.7 Å². The van der Waals surface area contributed by atoms with Crippen LogP contribution in [-0.2, 0) is 27.7 Å². The third kappa shape index (κ3) is 3.75. The quantitative estimate of drug-likeness (QED) is 0.810. The molecule has 1 aliphatic heterocycles. The van der Waals surface area contributed by atoms with E-state index in [0.717, 1.165) is 19.3 Å². The molecule has 1 aliphatic carbocycles. The molecule has 1 saturated heterocycles. The Morgan fingerprint density at radius 1 is 0.960 bits per heavy atom. The molecule has 138 valence electrons. The summed E-state index contributed by atoms with van der Waals surface area (Å²) in [7, 11) is -3.48. The van der Waals surface area contributed by atoms with Gasteiger partial charge in [-0.1, -0.05) is 26.8 Å². The highest BCUT2D eigenvalue weighted by atomic mass is 32.2. The highest BCUT2D eigenvalue weighted by Gasteiger charge is 2.34. The topological polar surface area (TPSA) is 57.7 Å². The zero-order valence-corrected chi connectivity index (χ0v) is 16.2. The predicted octanol–water partition coefficient (Wildman–Crippen LogP) is 2.44. The lowest BCUT2D eigenvalue weighted by molar-refractivity contribution is -0.140. The van der Waals surface area contributed by atoms with Crippen molar-refractivity contribution in [2.75, 3.05) is 26.2 Å². The van der Waals surface area contributed by atoms with E-state index in [9.17, 15) is 13.2 Å². The summed E-state index contributed by atoms with van der Waals surface area (Å²) in [6.45, 7) is 7.33. The van der Waals surface area contributed by atoms with E-state index in [1.54, 1.807) is 11.0 Å². The molecule has 6 heteroatoms. The molecule has 1 fully saturated rings. The first kappa shape index (κ1) is 18.4. The summed E-state index contributed by atoms with van der Waals surface area (Å²) in [5.41, 5.74) is 2.03. The first-order valence-electron chi connectivity index (χ1n) is 9.11. The van der Waals surface area contributed by atoms with Crippen molar-refractivity contribution < 1.29 is 13.2 Å². The SMILES string of the molecule is CC(C)(C)C(=O)N1CCN(S(=O)(=O)c2ccc3c(c2)CCCC3)CC1. The number of rotatable bonds is 2. The Balaban J connectivity index is 1.73. The molecular weight excluding hydrogens is 336 g/mol. The Labute approximate surface area is 151 Å². The van der Waals surface area contributed by atoms with Gasteiger partial charge < -0.3 is 4.90 Å². The van der Waals surface area contributed by atoms with Gasteiger partial charge in [0.25, 0.3) is 0 Å². The normalized spacial score (nSPS) is 19.6. The van der Waals surface area contributed by atoms with Crippen molar-refractivity contribution in [3.8, 4) is 0 Å². The van der Waals surface area contributed by atoms with Crippen molar-refractivity contribution in [2.24, 2.45) is 5.41 Å². The Bertz CT molecular complexity index is 757. The van der Waals surface area contributed by atoms with Crippen LogP contribution in [0, 0.1) is 5.41 Å². The van der Waals surface area contributed by atoms with Gasteiger partial charge >= 0.3 is 0 Å². The van der Waals surface area contributed by atoms with Crippen LogP contribution in [0.1, 0.15) is 44.7 Å². The Morgan fingerprint density at radius 2 is 1.56 bits per heavy atom. The highest BCUT2D eigenvalue weighted by molar-refractivity contribution is 7.89. The molecule has 1 aromatic rings. The van der Waals surface area contributed by atoms with Crippen molar-refractivity contribution in [1.29, 1.82) is 0 Å². The van der Waals surface area contributed by atoms with Crippen molar-refractivity contribution in [2.45, 2.75) is 51.3 Å². The minimum atomic E-state index is -3.48. The smallest absolute Gasteiger partial charge is 0.243 e. The second kappa shape index (κ2) is 6.72. The maximum absolute atomic E-state index is 13.0. The summed E-state index contributed by atoms with van der Waals surface area (Å²) in [4.78, 5) is 14.5. The first-order valence-corrected chi connectivity index (χ1v) is 10.5. The van der Waals surface area contributed by atoms with Crippen LogP contribution in [0.15, 0.2) is 23.1 Å². The molecule has 0 saturated carbocycles. The van der Waals surface area contributed by atoms with Crippen LogP contribution in [0.3, 0.4) is 0 Å². The lowest BCUT2D eigenvalue weighted by atomic mass is 9.92. The van der Waals surface area contributed by atoms with Crippen molar-refractivity contribution >= 4 is 15.9 Å². The van der Waals surface area contributed by atoms with Crippen LogP contribution >= 0.6 is 0 Å². The summed E-state index contributed by atoms with van der Waals surface area (Å²) in [6.07, 6.45) is 4.32. The van der Waals surface area contributed by atoms with Gasteiger partial charge in [-0.2, -0.15) is 4.31 Å². The third-order valence-electron chi connectivity index (χ3n) is 5.13. The molecule has 1 heterocycles. The van der Waals surface area contributed by atoms with Crippen molar-refractivity contribution in [1.82, 2.24) is 9.21 Å². The number of aryl methyl sites for hydroxylation is 2. The highest BCUT2D eigenvalue weighted by Crippen LogP contribution is 2.26. The van der Waals surface area contributed by atoms with Crippen LogP contribution in [0.4, 0.5) is 0 Å². The summed E-state index contributed by atoms with van der Waals surface area (Å²) < 4.78 is 27.5. The number of sulfonamides is 1. The summed E-state index contributed by atoms with van der Waals surface area (Å²) in [5.74, 6) is 0.0818. The van der Waals surface area contributed by atoms with Crippen molar-refractivity contribution in [3.63, 3.8) is 0 Å². The largest absolute Gasteiger partial charge is 0.340 e. The molecule has 0 aromatic heterocycles. The number of benzene rings is 1. The predicted molar refractivity (Wildman–Crippen MR) is 97.9 cm³/mol. The fraction of sp³-hybridized carbons (Fsp3) is 0.632. The number of hydrogen-bond donors (Lipinski definition) is 0. The van der Waals surface area contributed by atoms with Gasteiger partial charge in [0.05, 0.1) is 4.90 Å². The Morgan fingerprint density at radius 3 is 2.16 bits per heavy atom. The van der Waals surface area contributed by atoms with Gasteiger partial charge in [0.2, 0.25) is 15.9 Å². The molecule has 25 heavy (non-hydrogen) atoms. The van der Waals surface area contributed by atoms with Gasteiger partial charge in [-0.25, -0.2) is 8.42 Å². The minimum absolute atomic E-state index is 0.0818. The van der Waals surface area contributed by atoms with Crippen LogP contribution in [0.5, 0.6) is 0 Å². The number of piperazine rings is 1. The van der Waals surface area contributed by atoms with E-state index in [2.05, 4.69) is 0 Å². The lowest BCUT2D eigenvalue weighted by Gasteiger charge is -2.37. The van der Waals surface area contributed by atoms with E-state index in [-0.39, 0.29) is 5.91 Å². The first-order chi connectivity index (χ1) is 11.7. The number of fused-ring (bicyclic) bond motifs is 1. The molecule has 0 unspecified atom stereocenters. The maximum Gasteiger partial charge on any atom is 0.243 e. The number of carbonyl (C=O) groups is 1. The molecule has 2 aliphatic rings. The maximum atomic E-state index is 13.0. The molecule has 1 aromatic carbocycles. The average molecular weight is 365 g/mol. The van der Waals surface area contributed by atoms with Crippen molar-refractivity contribution in [3.05, 3.63) is 29.3 Å². The van der Waals surface area contributed by atoms with Crippen LogP contribution < -0.4 is 0 Å². The second-order valence-electron chi connectivity index (χ2n) is 8.08. The van der Waals surface area contributed by atoms with Gasteiger partial charge in [0.1, 0.15) is 0 Å². The summed E-state index contributed by atoms with van der Waals surface area (Å²) in [5, 5.41) is 0. The van der Waals surface area contributed by atoms with Gasteiger partial charge in [0.15, 0.2) is 0 Å². The van der Waals surface area contributed by atoms with E-state index in [0.29, 0.717) is 31.1 Å². The molecule has 5 nitrogen and oxygen atoms in total. The van der Waals surface area contributed by atoms with Gasteiger partial charge in [-0.3, -0.25) is 4.79 Å². The fourth-order valence-corrected chi connectivity index (χ4v) is 5.10. The van der Waals surface area contributed by atoms with E-state index in [4.69, 9.17) is 0 Å². The van der Waals surface area contributed by atoms with E-state index in [1.165, 1.54) is 21.9 Å². The van der Waals surface area contributed by atoms with Gasteiger partial charge in [0, 0.05) is 31.6 Å². The minimum Gasteiger partial charge on any atom is -0.340 e. The molecule has 0 spiro atoms. The molecule has 3 rings (SSSR count). The fourth-order valence-electron chi connectivity index (χ4n) is 3.63. The zero-order chi connectivity index (χ0) is 18.2. The number of carbonyl (C=O) groups excluding carboxylic acids is 1. The van der Waals surface area contributed by atoms with Gasteiger partial charge in [-0.05, 0) is 48.9 Å². The van der Waals surface area contributed by atoms with E-state index in [1.807, 2.05) is 32.9 Å². The lowest BCUT2D eigenvalue weighted by Crippen LogP contribution is -2.52. The molecule has 0 radical (unpaired) electrons. The standard InChI is InChI=1S/C19H28N2O3S/c1-19(2,3)18(22)20-10-12-21(13-11-20)25(23,24)17-9-8-15-6-4-5-7-16(15)14-17/h8-9,14H,4-7,10-13H2,1-3H3. The number of amides is 1. The van der Waals surface area contributed by atoms with Crippen LogP contribution in [0.25, 0.3) is 0 Å². The van der Waals surface area contributed by atoms with E-state index >= 15 is 0 Å². The molecule has 1 amide bonds.